The van der Waals surface area contributed by atoms with Crippen molar-refractivity contribution in [2.24, 2.45) is 0 Å². The van der Waals surface area contributed by atoms with Gasteiger partial charge in [-0.15, -0.1) is 33.3 Å². The van der Waals surface area contributed by atoms with Crippen LogP contribution in [0.5, 0.6) is 0 Å². The van der Waals surface area contributed by atoms with E-state index >= 15 is 0 Å². The van der Waals surface area contributed by atoms with Gasteiger partial charge in [-0.05, 0) is 19.6 Å². The van der Waals surface area contributed by atoms with Gasteiger partial charge in [-0.1, -0.05) is 6.92 Å². The van der Waals surface area contributed by atoms with Crippen molar-refractivity contribution in [3.05, 3.63) is 10.0 Å². The Morgan fingerprint density at radius 3 is 2.88 bits per heavy atom. The number of amides is 1. The Hall–Kier alpha value is -0.620. The van der Waals surface area contributed by atoms with Crippen LogP contribution in [0.2, 0.25) is 0 Å². The summed E-state index contributed by atoms with van der Waals surface area (Å²) in [5, 5.41) is 12.8. The van der Waals surface area contributed by atoms with Crippen LogP contribution in [0.1, 0.15) is 23.9 Å². The highest BCUT2D eigenvalue weighted by atomic mass is 32.2. The number of aryl methyl sites for hydroxylation is 1. The van der Waals surface area contributed by atoms with E-state index in [1.54, 1.807) is 23.1 Å². The Kier molecular flexibility index (Phi) is 5.76. The molecule has 0 fully saturated rings. The summed E-state index contributed by atoms with van der Waals surface area (Å²) in [5.41, 5.74) is 0. The molecule has 0 unspecified atom stereocenters. The first-order chi connectivity index (χ1) is 7.63. The Bertz CT molecular complexity index is 341. The van der Waals surface area contributed by atoms with Gasteiger partial charge < -0.3 is 5.32 Å². The van der Waals surface area contributed by atoms with Crippen molar-refractivity contribution < 1.29 is 4.79 Å². The first kappa shape index (κ1) is 13.4. The van der Waals surface area contributed by atoms with Crippen molar-refractivity contribution in [2.75, 3.05) is 12.3 Å². The number of aromatic nitrogens is 2. The molecule has 1 heterocycles. The average molecular weight is 259 g/mol. The highest BCUT2D eigenvalue weighted by molar-refractivity contribution is 8.00. The number of hydrogen-bond acceptors (Lipinski definition) is 5. The second-order valence-electron chi connectivity index (χ2n) is 3.35. The lowest BCUT2D eigenvalue weighted by Gasteiger charge is -2.09. The summed E-state index contributed by atoms with van der Waals surface area (Å²) in [4.78, 5) is 11.6. The molecule has 0 aliphatic rings. The van der Waals surface area contributed by atoms with E-state index in [1.807, 2.05) is 13.8 Å². The molecule has 6 heteroatoms. The molecule has 0 saturated heterocycles. The molecule has 1 aromatic rings. The molecule has 0 saturated carbocycles. The fraction of sp³-hybridized carbons (Fsp3) is 0.700. The van der Waals surface area contributed by atoms with E-state index in [2.05, 4.69) is 22.4 Å². The minimum absolute atomic E-state index is 0.0288. The van der Waals surface area contributed by atoms with Gasteiger partial charge in [-0.25, -0.2) is 0 Å². The number of hydrogen-bond donors (Lipinski definition) is 1. The molecule has 4 nitrogen and oxygen atoms in total. The summed E-state index contributed by atoms with van der Waals surface area (Å²) in [6, 6.07) is 0. The molecule has 0 aliphatic carbocycles. The molecule has 1 N–H and O–H groups in total. The number of nitrogens with one attached hydrogen (secondary N) is 1. The van der Waals surface area contributed by atoms with Crippen molar-refractivity contribution in [3.8, 4) is 0 Å². The predicted octanol–water partition coefficient (Wildman–Crippen LogP) is 1.65. The second kappa shape index (κ2) is 6.85. The van der Waals surface area contributed by atoms with E-state index in [1.165, 1.54) is 0 Å². The standard InChI is InChI=1S/C10H17N3OS2/c1-4-15-7(2)10(14)11-6-5-9-13-12-8(3)16-9/h7H,4-6H2,1-3H3,(H,11,14)/t7-/m0/s1. The molecule has 90 valence electrons. The van der Waals surface area contributed by atoms with Gasteiger partial charge in [-0.2, -0.15) is 0 Å². The average Bonchev–Trinajstić information content (AvgIpc) is 2.64. The number of carbonyl (C=O) groups excluding carboxylic acids is 1. The topological polar surface area (TPSA) is 54.9 Å². The highest BCUT2D eigenvalue weighted by Crippen LogP contribution is 2.10. The Morgan fingerprint density at radius 2 is 2.31 bits per heavy atom. The monoisotopic (exact) mass is 259 g/mol. The Morgan fingerprint density at radius 1 is 1.56 bits per heavy atom. The Balaban J connectivity index is 2.22. The summed E-state index contributed by atoms with van der Waals surface area (Å²) in [7, 11) is 0. The zero-order valence-corrected chi connectivity index (χ0v) is 11.5. The van der Waals surface area contributed by atoms with Crippen molar-refractivity contribution >= 4 is 29.0 Å². The molecule has 1 aromatic heterocycles. The van der Waals surface area contributed by atoms with E-state index in [4.69, 9.17) is 0 Å². The van der Waals surface area contributed by atoms with E-state index < -0.39 is 0 Å². The largest absolute Gasteiger partial charge is 0.355 e. The van der Waals surface area contributed by atoms with Crippen LogP contribution < -0.4 is 5.32 Å². The van der Waals surface area contributed by atoms with Gasteiger partial charge in [0, 0.05) is 13.0 Å². The summed E-state index contributed by atoms with van der Waals surface area (Å²) in [6.45, 7) is 6.55. The van der Waals surface area contributed by atoms with Crippen LogP contribution in [0, 0.1) is 6.92 Å². The zero-order chi connectivity index (χ0) is 12.0. The smallest absolute Gasteiger partial charge is 0.232 e. The minimum Gasteiger partial charge on any atom is -0.355 e. The van der Waals surface area contributed by atoms with Crippen molar-refractivity contribution in [1.29, 1.82) is 0 Å². The molecule has 0 aliphatic heterocycles. The predicted molar refractivity (Wildman–Crippen MR) is 69.0 cm³/mol. The Labute approximate surface area is 104 Å². The van der Waals surface area contributed by atoms with Crippen molar-refractivity contribution in [3.63, 3.8) is 0 Å². The zero-order valence-electron chi connectivity index (χ0n) is 9.82. The maximum Gasteiger partial charge on any atom is 0.232 e. The van der Waals surface area contributed by atoms with Gasteiger partial charge >= 0.3 is 0 Å². The van der Waals surface area contributed by atoms with Gasteiger partial charge in [-0.3, -0.25) is 4.79 Å². The molecule has 0 spiro atoms. The van der Waals surface area contributed by atoms with Crippen molar-refractivity contribution in [2.45, 2.75) is 32.4 Å². The lowest BCUT2D eigenvalue weighted by atomic mass is 10.4. The van der Waals surface area contributed by atoms with Crippen LogP contribution in [0.4, 0.5) is 0 Å². The summed E-state index contributed by atoms with van der Waals surface area (Å²) >= 11 is 3.23. The molecule has 1 atom stereocenters. The van der Waals surface area contributed by atoms with E-state index in [0.717, 1.165) is 22.2 Å². The summed E-state index contributed by atoms with van der Waals surface area (Å²) in [5.74, 6) is 1.07. The molecule has 1 amide bonds. The van der Waals surface area contributed by atoms with E-state index in [9.17, 15) is 4.79 Å². The first-order valence-electron chi connectivity index (χ1n) is 5.31. The van der Waals surface area contributed by atoms with Crippen molar-refractivity contribution in [1.82, 2.24) is 15.5 Å². The van der Waals surface area contributed by atoms with E-state index in [-0.39, 0.29) is 11.2 Å². The lowest BCUT2D eigenvalue weighted by molar-refractivity contribution is -0.120. The fourth-order valence-corrected chi connectivity index (χ4v) is 2.64. The summed E-state index contributed by atoms with van der Waals surface area (Å²) in [6.07, 6.45) is 0.765. The third-order valence-corrected chi connectivity index (χ3v) is 3.94. The van der Waals surface area contributed by atoms with Gasteiger partial charge in [0.2, 0.25) is 5.91 Å². The van der Waals surface area contributed by atoms with Crippen LogP contribution >= 0.6 is 23.1 Å². The van der Waals surface area contributed by atoms with Crippen LogP contribution in [0.3, 0.4) is 0 Å². The molecule has 16 heavy (non-hydrogen) atoms. The molecular weight excluding hydrogens is 242 g/mol. The first-order valence-corrected chi connectivity index (χ1v) is 7.18. The van der Waals surface area contributed by atoms with Gasteiger partial charge in [0.1, 0.15) is 10.0 Å². The normalized spacial score (nSPS) is 12.4. The third-order valence-electron chi connectivity index (χ3n) is 1.99. The molecular formula is C10H17N3OS2. The lowest BCUT2D eigenvalue weighted by Crippen LogP contribution is -2.32. The van der Waals surface area contributed by atoms with Crippen LogP contribution in [-0.2, 0) is 11.2 Å². The molecule has 0 radical (unpaired) electrons. The maximum absolute atomic E-state index is 11.6. The highest BCUT2D eigenvalue weighted by Gasteiger charge is 2.11. The third kappa shape index (κ3) is 4.49. The minimum atomic E-state index is 0.0288. The van der Waals surface area contributed by atoms with Gasteiger partial charge in [0.15, 0.2) is 0 Å². The second-order valence-corrected chi connectivity index (χ2v) is 6.24. The van der Waals surface area contributed by atoms with Crippen LogP contribution in [0.25, 0.3) is 0 Å². The fourth-order valence-electron chi connectivity index (χ4n) is 1.20. The number of nitrogens with zero attached hydrogens (tertiary/aromatic N) is 2. The van der Waals surface area contributed by atoms with E-state index in [0.29, 0.717) is 6.54 Å². The molecule has 0 aromatic carbocycles. The molecule has 1 rings (SSSR count). The number of carbonyl (C=O) groups is 1. The van der Waals surface area contributed by atoms with Crippen LogP contribution in [-0.4, -0.2) is 33.7 Å². The summed E-state index contributed by atoms with van der Waals surface area (Å²) < 4.78 is 0. The van der Waals surface area contributed by atoms with Gasteiger partial charge in [0.05, 0.1) is 5.25 Å². The number of rotatable bonds is 6. The van der Waals surface area contributed by atoms with Gasteiger partial charge in [0.25, 0.3) is 0 Å². The number of thioether (sulfide) groups is 1. The maximum atomic E-state index is 11.6. The van der Waals surface area contributed by atoms with Crippen LogP contribution in [0.15, 0.2) is 0 Å². The SMILES string of the molecule is CCS[C@@H](C)C(=O)NCCc1nnc(C)s1. The quantitative estimate of drug-likeness (QED) is 0.844. The molecule has 0 bridgehead atoms.